The first-order valence-corrected chi connectivity index (χ1v) is 7.42. The fourth-order valence-electron chi connectivity index (χ4n) is 2.01. The van der Waals surface area contributed by atoms with Gasteiger partial charge in [0.1, 0.15) is 0 Å². The molecule has 0 saturated carbocycles. The first-order valence-electron chi connectivity index (χ1n) is 7.42. The number of unbranched alkanes of at least 4 members (excludes halogenated alkanes) is 1. The van der Waals surface area contributed by atoms with E-state index in [1.807, 2.05) is 6.92 Å². The molecule has 1 atom stereocenters. The topological polar surface area (TPSA) is 84.2 Å². The highest BCUT2D eigenvalue weighted by molar-refractivity contribution is 5.92. The van der Waals surface area contributed by atoms with Crippen LogP contribution >= 0.6 is 0 Å². The number of hydrogen-bond donors (Lipinski definition) is 2. The molecular weight excluding hydrogens is 270 g/mol. The molecule has 0 bridgehead atoms. The van der Waals surface area contributed by atoms with E-state index in [9.17, 15) is 9.59 Å². The van der Waals surface area contributed by atoms with Crippen LogP contribution in [0.15, 0.2) is 12.4 Å². The Morgan fingerprint density at radius 2 is 2.10 bits per heavy atom. The van der Waals surface area contributed by atoms with Crippen molar-refractivity contribution in [1.82, 2.24) is 9.78 Å². The summed E-state index contributed by atoms with van der Waals surface area (Å²) in [6.45, 7) is 7.22. The van der Waals surface area contributed by atoms with Crippen LogP contribution in [0.5, 0.6) is 0 Å². The summed E-state index contributed by atoms with van der Waals surface area (Å²) in [6.07, 6.45) is 6.79. The van der Waals surface area contributed by atoms with Gasteiger partial charge in [-0.1, -0.05) is 26.7 Å². The Labute approximate surface area is 125 Å². The van der Waals surface area contributed by atoms with E-state index < -0.39 is 11.5 Å². The van der Waals surface area contributed by atoms with Gasteiger partial charge in [0.25, 0.3) is 0 Å². The fourth-order valence-corrected chi connectivity index (χ4v) is 2.01. The molecule has 1 rings (SSSR count). The van der Waals surface area contributed by atoms with Gasteiger partial charge in [0, 0.05) is 12.1 Å². The monoisotopic (exact) mass is 295 g/mol. The summed E-state index contributed by atoms with van der Waals surface area (Å²) in [5, 5.41) is 16.0. The second kappa shape index (κ2) is 7.24. The zero-order valence-corrected chi connectivity index (χ0v) is 13.2. The highest BCUT2D eigenvalue weighted by Gasteiger charge is 2.30. The molecule has 6 heteroatoms. The Morgan fingerprint density at radius 1 is 1.43 bits per heavy atom. The highest BCUT2D eigenvalue weighted by Crippen LogP contribution is 2.19. The van der Waals surface area contributed by atoms with Crippen molar-refractivity contribution in [2.24, 2.45) is 5.92 Å². The molecule has 21 heavy (non-hydrogen) atoms. The Kier molecular flexibility index (Phi) is 5.93. The van der Waals surface area contributed by atoms with Crippen molar-refractivity contribution in [3.05, 3.63) is 12.4 Å². The molecule has 1 heterocycles. The Balaban J connectivity index is 2.74. The molecule has 1 aromatic heterocycles. The predicted molar refractivity (Wildman–Crippen MR) is 81.1 cm³/mol. The van der Waals surface area contributed by atoms with Crippen LogP contribution in [0.1, 0.15) is 53.4 Å². The minimum atomic E-state index is -1.14. The minimum Gasteiger partial charge on any atom is -0.479 e. The minimum absolute atomic E-state index is 0.0132. The number of hydrogen-bond acceptors (Lipinski definition) is 3. The quantitative estimate of drug-likeness (QED) is 0.772. The van der Waals surface area contributed by atoms with Crippen LogP contribution in [-0.2, 0) is 15.1 Å². The maximum atomic E-state index is 12.2. The first kappa shape index (κ1) is 17.2. The van der Waals surface area contributed by atoms with Gasteiger partial charge in [0.05, 0.1) is 11.9 Å². The van der Waals surface area contributed by atoms with Gasteiger partial charge >= 0.3 is 5.97 Å². The number of amides is 1. The third-order valence-electron chi connectivity index (χ3n) is 3.72. The number of anilines is 1. The molecule has 0 aliphatic heterocycles. The number of nitrogens with one attached hydrogen (secondary N) is 1. The third-order valence-corrected chi connectivity index (χ3v) is 3.72. The predicted octanol–water partition coefficient (Wildman–Crippen LogP) is 2.86. The molecule has 118 valence electrons. The molecule has 0 saturated heterocycles. The summed E-state index contributed by atoms with van der Waals surface area (Å²) in [5.41, 5.74) is -0.612. The maximum absolute atomic E-state index is 12.2. The van der Waals surface area contributed by atoms with E-state index in [1.54, 1.807) is 20.0 Å². The van der Waals surface area contributed by atoms with Gasteiger partial charge in [-0.05, 0) is 26.7 Å². The van der Waals surface area contributed by atoms with E-state index in [1.165, 1.54) is 10.9 Å². The molecular formula is C15H25N3O3. The van der Waals surface area contributed by atoms with Crippen LogP contribution in [0.2, 0.25) is 0 Å². The SMILES string of the molecule is CCCCC(CC)C(=O)Nc1cnn(C(C)(C)C(=O)O)c1. The third kappa shape index (κ3) is 4.31. The van der Waals surface area contributed by atoms with Crippen LogP contribution in [0.25, 0.3) is 0 Å². The van der Waals surface area contributed by atoms with Gasteiger partial charge < -0.3 is 10.4 Å². The Morgan fingerprint density at radius 3 is 2.62 bits per heavy atom. The molecule has 2 N–H and O–H groups in total. The second-order valence-corrected chi connectivity index (χ2v) is 5.77. The molecule has 0 aromatic carbocycles. The average molecular weight is 295 g/mol. The number of carboxylic acids is 1. The van der Waals surface area contributed by atoms with Crippen molar-refractivity contribution in [2.75, 3.05) is 5.32 Å². The van der Waals surface area contributed by atoms with Gasteiger partial charge in [-0.2, -0.15) is 5.10 Å². The summed E-state index contributed by atoms with van der Waals surface area (Å²) in [7, 11) is 0. The Bertz CT molecular complexity index is 494. The number of aliphatic carboxylic acids is 1. The molecule has 1 unspecified atom stereocenters. The fraction of sp³-hybridized carbons (Fsp3) is 0.667. The van der Waals surface area contributed by atoms with E-state index in [0.29, 0.717) is 5.69 Å². The number of nitrogens with zero attached hydrogens (tertiary/aromatic N) is 2. The van der Waals surface area contributed by atoms with Crippen molar-refractivity contribution in [3.63, 3.8) is 0 Å². The van der Waals surface area contributed by atoms with E-state index in [4.69, 9.17) is 5.11 Å². The molecule has 6 nitrogen and oxygen atoms in total. The molecule has 1 aromatic rings. The van der Waals surface area contributed by atoms with Gasteiger partial charge in [-0.3, -0.25) is 9.48 Å². The number of rotatable bonds is 8. The normalized spacial score (nSPS) is 13.0. The van der Waals surface area contributed by atoms with Crippen molar-refractivity contribution in [2.45, 2.75) is 58.9 Å². The summed E-state index contributed by atoms with van der Waals surface area (Å²) in [5.74, 6) is -1.02. The van der Waals surface area contributed by atoms with E-state index in [0.717, 1.165) is 25.7 Å². The lowest BCUT2D eigenvalue weighted by atomic mass is 9.98. The van der Waals surface area contributed by atoms with Gasteiger partial charge in [0.2, 0.25) is 5.91 Å². The standard InChI is InChI=1S/C15H25N3O3/c1-5-7-8-11(6-2)13(19)17-12-9-16-18(10-12)15(3,4)14(20)21/h9-11H,5-8H2,1-4H3,(H,17,19)(H,20,21). The van der Waals surface area contributed by atoms with Crippen molar-refractivity contribution >= 4 is 17.6 Å². The van der Waals surface area contributed by atoms with E-state index in [2.05, 4.69) is 17.3 Å². The highest BCUT2D eigenvalue weighted by atomic mass is 16.4. The summed E-state index contributed by atoms with van der Waals surface area (Å²) in [4.78, 5) is 23.4. The van der Waals surface area contributed by atoms with Crippen LogP contribution in [0.3, 0.4) is 0 Å². The Hall–Kier alpha value is -1.85. The van der Waals surface area contributed by atoms with Gasteiger partial charge in [-0.15, -0.1) is 0 Å². The molecule has 0 aliphatic carbocycles. The number of carboxylic acid groups (broad SMARTS) is 1. The molecule has 0 fully saturated rings. The van der Waals surface area contributed by atoms with Crippen LogP contribution in [0, 0.1) is 5.92 Å². The van der Waals surface area contributed by atoms with E-state index >= 15 is 0 Å². The summed E-state index contributed by atoms with van der Waals surface area (Å²) in [6, 6.07) is 0. The van der Waals surface area contributed by atoms with Crippen molar-refractivity contribution in [3.8, 4) is 0 Å². The molecule has 1 amide bonds. The van der Waals surface area contributed by atoms with Crippen LogP contribution in [0.4, 0.5) is 5.69 Å². The molecule has 0 radical (unpaired) electrons. The summed E-state index contributed by atoms with van der Waals surface area (Å²) >= 11 is 0. The lowest BCUT2D eigenvalue weighted by Gasteiger charge is -2.19. The largest absolute Gasteiger partial charge is 0.479 e. The number of aromatic nitrogens is 2. The number of carbonyl (C=O) groups is 2. The zero-order valence-electron chi connectivity index (χ0n) is 13.2. The first-order chi connectivity index (χ1) is 9.82. The smallest absolute Gasteiger partial charge is 0.331 e. The van der Waals surface area contributed by atoms with Crippen molar-refractivity contribution < 1.29 is 14.7 Å². The zero-order chi connectivity index (χ0) is 16.0. The summed E-state index contributed by atoms with van der Waals surface area (Å²) < 4.78 is 1.35. The van der Waals surface area contributed by atoms with Crippen LogP contribution < -0.4 is 5.32 Å². The van der Waals surface area contributed by atoms with Gasteiger partial charge in [0.15, 0.2) is 5.54 Å². The average Bonchev–Trinajstić information content (AvgIpc) is 2.88. The second-order valence-electron chi connectivity index (χ2n) is 5.77. The molecule has 0 spiro atoms. The van der Waals surface area contributed by atoms with E-state index in [-0.39, 0.29) is 11.8 Å². The van der Waals surface area contributed by atoms with Crippen molar-refractivity contribution in [1.29, 1.82) is 0 Å². The van der Waals surface area contributed by atoms with Gasteiger partial charge in [-0.25, -0.2) is 4.79 Å². The lowest BCUT2D eigenvalue weighted by Crippen LogP contribution is -2.35. The maximum Gasteiger partial charge on any atom is 0.331 e. The molecule has 0 aliphatic rings. The number of carbonyl (C=O) groups excluding carboxylic acids is 1. The van der Waals surface area contributed by atoms with Crippen LogP contribution in [-0.4, -0.2) is 26.8 Å². The lowest BCUT2D eigenvalue weighted by molar-refractivity contribution is -0.146.